The van der Waals surface area contributed by atoms with Crippen LogP contribution in [0.25, 0.3) is 0 Å². The number of hydrogen-bond acceptors (Lipinski definition) is 3. The van der Waals surface area contributed by atoms with Gasteiger partial charge in [0.05, 0.1) is 12.2 Å². The van der Waals surface area contributed by atoms with Gasteiger partial charge in [-0.15, -0.1) is 0 Å². The molecule has 5 atom stereocenters. The molecule has 19 heavy (non-hydrogen) atoms. The molecule has 3 heteroatoms. The minimum atomic E-state index is 0.539. The van der Waals surface area contributed by atoms with Crippen molar-refractivity contribution in [2.24, 2.45) is 5.92 Å². The Labute approximate surface area is 118 Å². The first-order chi connectivity index (χ1) is 9.17. The van der Waals surface area contributed by atoms with Gasteiger partial charge < -0.3 is 10.1 Å². The maximum absolute atomic E-state index is 6.09. The van der Waals surface area contributed by atoms with Gasteiger partial charge in [0.2, 0.25) is 0 Å². The van der Waals surface area contributed by atoms with E-state index >= 15 is 0 Å². The monoisotopic (exact) mass is 266 g/mol. The third-order valence-corrected chi connectivity index (χ3v) is 5.27. The lowest BCUT2D eigenvalue weighted by molar-refractivity contribution is 0.0271. The second-order valence-electron chi connectivity index (χ2n) is 7.17. The molecule has 0 radical (unpaired) electrons. The highest BCUT2D eigenvalue weighted by molar-refractivity contribution is 5.00. The van der Waals surface area contributed by atoms with Crippen LogP contribution in [0.2, 0.25) is 0 Å². The van der Waals surface area contributed by atoms with Crippen LogP contribution < -0.4 is 5.32 Å². The first kappa shape index (κ1) is 13.8. The van der Waals surface area contributed by atoms with Gasteiger partial charge in [0.1, 0.15) is 0 Å². The average Bonchev–Trinajstić information content (AvgIpc) is 3.00. The number of nitrogens with one attached hydrogen (secondary N) is 1. The summed E-state index contributed by atoms with van der Waals surface area (Å²) in [6.45, 7) is 9.39. The Hall–Kier alpha value is -0.120. The van der Waals surface area contributed by atoms with E-state index in [0.29, 0.717) is 24.3 Å². The quantitative estimate of drug-likeness (QED) is 0.845. The predicted molar refractivity (Wildman–Crippen MR) is 78.3 cm³/mol. The van der Waals surface area contributed by atoms with E-state index in [9.17, 15) is 0 Å². The lowest BCUT2D eigenvalue weighted by atomic mass is 9.90. The Morgan fingerprint density at radius 3 is 2.74 bits per heavy atom. The fourth-order valence-electron chi connectivity index (χ4n) is 4.36. The Morgan fingerprint density at radius 1 is 1.32 bits per heavy atom. The van der Waals surface area contributed by atoms with Gasteiger partial charge in [-0.05, 0) is 38.0 Å². The normalized spacial score (nSPS) is 43.3. The van der Waals surface area contributed by atoms with E-state index in [1.165, 1.54) is 45.2 Å². The molecule has 0 spiro atoms. The number of piperazine rings is 1. The van der Waals surface area contributed by atoms with Crippen LogP contribution in [0.5, 0.6) is 0 Å². The minimum Gasteiger partial charge on any atom is -0.373 e. The first-order valence-corrected chi connectivity index (χ1v) is 8.32. The summed E-state index contributed by atoms with van der Waals surface area (Å²) in [4.78, 5) is 2.80. The molecular formula is C16H30N2O. The van der Waals surface area contributed by atoms with Gasteiger partial charge in [-0.25, -0.2) is 0 Å². The first-order valence-electron chi connectivity index (χ1n) is 8.32. The summed E-state index contributed by atoms with van der Waals surface area (Å²) in [5.41, 5.74) is 0. The fraction of sp³-hybridized carbons (Fsp3) is 1.00. The highest BCUT2D eigenvalue weighted by atomic mass is 16.5. The van der Waals surface area contributed by atoms with Gasteiger partial charge in [-0.3, -0.25) is 4.90 Å². The maximum Gasteiger partial charge on any atom is 0.0736 e. The van der Waals surface area contributed by atoms with Gasteiger partial charge >= 0.3 is 0 Å². The van der Waals surface area contributed by atoms with E-state index in [1.807, 2.05) is 0 Å². The summed E-state index contributed by atoms with van der Waals surface area (Å²) >= 11 is 0. The Kier molecular flexibility index (Phi) is 4.16. The predicted octanol–water partition coefficient (Wildman–Crippen LogP) is 2.40. The second-order valence-corrected chi connectivity index (χ2v) is 7.17. The van der Waals surface area contributed by atoms with Crippen molar-refractivity contribution in [3.63, 3.8) is 0 Å². The molecule has 0 saturated carbocycles. The number of ether oxygens (including phenoxy) is 1. The zero-order valence-electron chi connectivity index (χ0n) is 12.8. The SMILES string of the molecule is CCC1CNC(CC(C)C)CN1C1CC2CCC1O2. The van der Waals surface area contributed by atoms with Crippen molar-refractivity contribution in [1.82, 2.24) is 10.2 Å². The van der Waals surface area contributed by atoms with Crippen LogP contribution in [0.15, 0.2) is 0 Å². The largest absolute Gasteiger partial charge is 0.373 e. The number of hydrogen-bond donors (Lipinski definition) is 1. The van der Waals surface area contributed by atoms with Crippen LogP contribution >= 0.6 is 0 Å². The van der Waals surface area contributed by atoms with Gasteiger partial charge in [0, 0.05) is 31.2 Å². The highest BCUT2D eigenvalue weighted by Gasteiger charge is 2.46. The van der Waals surface area contributed by atoms with Gasteiger partial charge in [0.25, 0.3) is 0 Å². The summed E-state index contributed by atoms with van der Waals surface area (Å²) in [6, 6.07) is 2.11. The standard InChI is InChI=1S/C16H30N2O/c1-4-13-9-17-12(7-11(2)3)10-18(13)15-8-14-5-6-16(15)19-14/h11-17H,4-10H2,1-3H3. The molecule has 0 aromatic heterocycles. The van der Waals surface area contributed by atoms with E-state index in [2.05, 4.69) is 31.0 Å². The highest BCUT2D eigenvalue weighted by Crippen LogP contribution is 2.38. The van der Waals surface area contributed by atoms with Gasteiger partial charge in [-0.1, -0.05) is 20.8 Å². The lowest BCUT2D eigenvalue weighted by Gasteiger charge is -2.45. The Bertz CT molecular complexity index is 307. The molecule has 3 aliphatic heterocycles. The van der Waals surface area contributed by atoms with Crippen molar-refractivity contribution < 1.29 is 4.74 Å². The molecule has 3 rings (SSSR count). The molecule has 0 aliphatic carbocycles. The van der Waals surface area contributed by atoms with E-state index in [0.717, 1.165) is 12.0 Å². The lowest BCUT2D eigenvalue weighted by Crippen LogP contribution is -2.61. The van der Waals surface area contributed by atoms with Crippen molar-refractivity contribution in [1.29, 1.82) is 0 Å². The van der Waals surface area contributed by atoms with Crippen molar-refractivity contribution in [3.8, 4) is 0 Å². The molecule has 2 bridgehead atoms. The van der Waals surface area contributed by atoms with E-state index in [4.69, 9.17) is 4.74 Å². The molecule has 110 valence electrons. The molecule has 3 heterocycles. The maximum atomic E-state index is 6.09. The molecule has 3 nitrogen and oxygen atoms in total. The minimum absolute atomic E-state index is 0.539. The third-order valence-electron chi connectivity index (χ3n) is 5.27. The molecule has 0 aromatic rings. The molecule has 0 amide bonds. The third kappa shape index (κ3) is 2.84. The van der Waals surface area contributed by atoms with Crippen molar-refractivity contribution in [3.05, 3.63) is 0 Å². The van der Waals surface area contributed by atoms with Crippen molar-refractivity contribution >= 4 is 0 Å². The molecule has 5 unspecified atom stereocenters. The summed E-state index contributed by atoms with van der Waals surface area (Å²) < 4.78 is 6.09. The van der Waals surface area contributed by atoms with E-state index in [-0.39, 0.29) is 0 Å². The number of fused-ring (bicyclic) bond motifs is 2. The number of nitrogens with zero attached hydrogens (tertiary/aromatic N) is 1. The molecule has 3 aliphatic rings. The topological polar surface area (TPSA) is 24.5 Å². The van der Waals surface area contributed by atoms with Crippen LogP contribution in [0, 0.1) is 5.92 Å². The zero-order chi connectivity index (χ0) is 13.4. The van der Waals surface area contributed by atoms with Gasteiger partial charge in [0.15, 0.2) is 0 Å². The van der Waals surface area contributed by atoms with Crippen molar-refractivity contribution in [2.45, 2.75) is 83.2 Å². The molecule has 0 aromatic carbocycles. The molecular weight excluding hydrogens is 236 g/mol. The average molecular weight is 266 g/mol. The second kappa shape index (κ2) is 5.71. The molecule has 3 fully saturated rings. The number of rotatable bonds is 4. The summed E-state index contributed by atoms with van der Waals surface area (Å²) in [7, 11) is 0. The van der Waals surface area contributed by atoms with Crippen LogP contribution in [0.3, 0.4) is 0 Å². The molecule has 1 N–H and O–H groups in total. The Balaban J connectivity index is 1.65. The summed E-state index contributed by atoms with van der Waals surface area (Å²) in [5, 5.41) is 3.77. The summed E-state index contributed by atoms with van der Waals surface area (Å²) in [6.07, 6.45) is 7.56. The van der Waals surface area contributed by atoms with Crippen LogP contribution in [-0.4, -0.2) is 48.3 Å². The van der Waals surface area contributed by atoms with Crippen LogP contribution in [0.4, 0.5) is 0 Å². The Morgan fingerprint density at radius 2 is 2.16 bits per heavy atom. The van der Waals surface area contributed by atoms with Gasteiger partial charge in [-0.2, -0.15) is 0 Å². The van der Waals surface area contributed by atoms with Crippen LogP contribution in [-0.2, 0) is 4.74 Å². The smallest absolute Gasteiger partial charge is 0.0736 e. The van der Waals surface area contributed by atoms with E-state index in [1.54, 1.807) is 0 Å². The zero-order valence-corrected chi connectivity index (χ0v) is 12.8. The summed E-state index contributed by atoms with van der Waals surface area (Å²) in [5.74, 6) is 0.786. The van der Waals surface area contributed by atoms with Crippen molar-refractivity contribution in [2.75, 3.05) is 13.1 Å². The van der Waals surface area contributed by atoms with Crippen LogP contribution in [0.1, 0.15) is 52.9 Å². The fourth-order valence-corrected chi connectivity index (χ4v) is 4.36. The van der Waals surface area contributed by atoms with E-state index < -0.39 is 0 Å². The molecule has 3 saturated heterocycles.